The van der Waals surface area contributed by atoms with Gasteiger partial charge in [-0.2, -0.15) is 0 Å². The fourth-order valence-electron chi connectivity index (χ4n) is 5.44. The van der Waals surface area contributed by atoms with Gasteiger partial charge in [0.1, 0.15) is 5.75 Å². The number of esters is 1. The van der Waals surface area contributed by atoms with Crippen LogP contribution in [0.1, 0.15) is 44.0 Å². The van der Waals surface area contributed by atoms with Gasteiger partial charge in [0.15, 0.2) is 0 Å². The van der Waals surface area contributed by atoms with Gasteiger partial charge in [-0.3, -0.25) is 9.59 Å². The summed E-state index contributed by atoms with van der Waals surface area (Å²) in [5, 5.41) is 2.33. The minimum absolute atomic E-state index is 0.169. The summed E-state index contributed by atoms with van der Waals surface area (Å²) in [4.78, 5) is 28.1. The first-order valence-corrected chi connectivity index (χ1v) is 14.5. The zero-order valence-corrected chi connectivity index (χ0v) is 22.3. The van der Waals surface area contributed by atoms with Crippen molar-refractivity contribution in [1.82, 2.24) is 0 Å². The highest BCUT2D eigenvalue weighted by Crippen LogP contribution is 2.57. The molecular weight excluding hydrogens is 479 g/mol. The first-order chi connectivity index (χ1) is 17.8. The summed E-state index contributed by atoms with van der Waals surface area (Å²) in [7, 11) is -3.80. The largest absolute Gasteiger partial charge is 0.425 e. The van der Waals surface area contributed by atoms with E-state index < -0.39 is 18.1 Å². The second-order valence-corrected chi connectivity index (χ2v) is 13.2. The molecular formula is C32H31O4P. The van der Waals surface area contributed by atoms with Crippen LogP contribution in [-0.2, 0) is 9.36 Å². The van der Waals surface area contributed by atoms with Crippen LogP contribution in [0, 0.1) is 17.3 Å². The maximum absolute atomic E-state index is 14.9. The quantitative estimate of drug-likeness (QED) is 0.146. The number of hydrogen-bond donors (Lipinski definition) is 0. The van der Waals surface area contributed by atoms with Crippen LogP contribution in [0.15, 0.2) is 97.1 Å². The molecule has 1 aliphatic rings. The van der Waals surface area contributed by atoms with Gasteiger partial charge in [-0.25, -0.2) is 0 Å². The highest BCUT2D eigenvalue weighted by Gasteiger charge is 2.58. The van der Waals surface area contributed by atoms with Crippen LogP contribution in [0.4, 0.5) is 0 Å². The molecule has 0 saturated heterocycles. The Balaban J connectivity index is 1.68. The second kappa shape index (κ2) is 9.76. The van der Waals surface area contributed by atoms with Crippen LogP contribution in [0.2, 0.25) is 0 Å². The molecule has 0 aliphatic heterocycles. The lowest BCUT2D eigenvalue weighted by Gasteiger charge is -2.22. The third kappa shape index (κ3) is 4.45. The van der Waals surface area contributed by atoms with Crippen molar-refractivity contribution in [3.05, 3.63) is 103 Å². The van der Waals surface area contributed by atoms with Gasteiger partial charge in [-0.15, -0.1) is 0 Å². The molecule has 188 valence electrons. The Kier molecular flexibility index (Phi) is 6.64. The van der Waals surface area contributed by atoms with Crippen molar-refractivity contribution in [3.8, 4) is 5.75 Å². The Morgan fingerprint density at radius 1 is 0.865 bits per heavy atom. The summed E-state index contributed by atoms with van der Waals surface area (Å²) in [6.45, 7) is 6.26. The minimum Gasteiger partial charge on any atom is -0.425 e. The van der Waals surface area contributed by atoms with Gasteiger partial charge in [-0.05, 0) is 41.5 Å². The lowest BCUT2D eigenvalue weighted by molar-refractivity contribution is -0.141. The smallest absolute Gasteiger partial charge is 0.317 e. The van der Waals surface area contributed by atoms with E-state index in [0.717, 1.165) is 18.2 Å². The van der Waals surface area contributed by atoms with E-state index in [-0.39, 0.29) is 23.2 Å². The summed E-state index contributed by atoms with van der Waals surface area (Å²) >= 11 is 0. The maximum atomic E-state index is 14.9. The van der Waals surface area contributed by atoms with Crippen LogP contribution in [0.3, 0.4) is 0 Å². The molecule has 2 unspecified atom stereocenters. The van der Waals surface area contributed by atoms with E-state index in [2.05, 4.69) is 20.8 Å². The zero-order valence-electron chi connectivity index (χ0n) is 21.4. The number of hydrogen-bond acceptors (Lipinski definition) is 4. The van der Waals surface area contributed by atoms with Crippen molar-refractivity contribution in [2.75, 3.05) is 0 Å². The minimum atomic E-state index is -3.80. The summed E-state index contributed by atoms with van der Waals surface area (Å²) in [6, 6.07) is 28.7. The van der Waals surface area contributed by atoms with E-state index in [4.69, 9.17) is 4.74 Å². The molecule has 0 amide bonds. The molecule has 0 radical (unpaired) electrons. The molecule has 4 aromatic carbocycles. The Morgan fingerprint density at radius 2 is 1.41 bits per heavy atom. The van der Waals surface area contributed by atoms with Crippen molar-refractivity contribution >= 4 is 40.0 Å². The molecule has 1 aliphatic carbocycles. The van der Waals surface area contributed by atoms with Crippen LogP contribution >= 0.6 is 7.14 Å². The van der Waals surface area contributed by atoms with E-state index >= 15 is 0 Å². The fraction of sp³-hybridized carbons (Fsp3) is 0.250. The Hall–Kier alpha value is -3.49. The average Bonchev–Trinajstić information content (AvgIpc) is 3.57. The Bertz CT molecular complexity index is 1470. The van der Waals surface area contributed by atoms with Gasteiger partial charge in [0.05, 0.1) is 11.0 Å². The van der Waals surface area contributed by atoms with Crippen LogP contribution in [0.5, 0.6) is 5.75 Å². The maximum Gasteiger partial charge on any atom is 0.317 e. The van der Waals surface area contributed by atoms with Gasteiger partial charge in [0.2, 0.25) is 12.7 Å². The van der Waals surface area contributed by atoms with E-state index in [9.17, 15) is 14.2 Å². The molecule has 5 rings (SSSR count). The number of ether oxygens (including phenoxy) is 1. The predicted molar refractivity (Wildman–Crippen MR) is 149 cm³/mol. The van der Waals surface area contributed by atoms with Crippen molar-refractivity contribution in [2.45, 2.75) is 33.6 Å². The van der Waals surface area contributed by atoms with Crippen LogP contribution < -0.4 is 15.3 Å². The summed E-state index contributed by atoms with van der Waals surface area (Å²) in [5.41, 5.74) is -0.885. The van der Waals surface area contributed by atoms with Crippen LogP contribution in [-0.4, -0.2) is 11.5 Å². The normalized spacial score (nSPS) is 19.1. The third-order valence-corrected chi connectivity index (χ3v) is 10.3. The van der Waals surface area contributed by atoms with Gasteiger partial charge in [0, 0.05) is 10.6 Å². The lowest BCUT2D eigenvalue weighted by atomic mass is 9.92. The summed E-state index contributed by atoms with van der Waals surface area (Å²) in [6.07, 6.45) is 1.50. The topological polar surface area (TPSA) is 60.4 Å². The first kappa shape index (κ1) is 25.2. The van der Waals surface area contributed by atoms with E-state index in [1.54, 1.807) is 54.6 Å². The highest BCUT2D eigenvalue weighted by molar-refractivity contribution is 7.93. The molecule has 1 fully saturated rings. The zero-order chi connectivity index (χ0) is 26.2. The molecule has 0 spiro atoms. The van der Waals surface area contributed by atoms with Crippen molar-refractivity contribution in [3.63, 3.8) is 0 Å². The SMILES string of the molecule is CC(C)CC1(C(=O)Oc2ccc3ccccc3c2C(=O)P(=O)(c2ccccc2)c2ccccc2)CC1C. The van der Waals surface area contributed by atoms with Crippen molar-refractivity contribution in [2.24, 2.45) is 17.3 Å². The number of carbonyl (C=O) groups excluding carboxylic acids is 2. The van der Waals surface area contributed by atoms with Gasteiger partial charge in [-0.1, -0.05) is 112 Å². The summed E-state index contributed by atoms with van der Waals surface area (Å²) < 4.78 is 21.0. The van der Waals surface area contributed by atoms with Gasteiger partial charge >= 0.3 is 5.97 Å². The molecule has 0 bridgehead atoms. The van der Waals surface area contributed by atoms with E-state index in [0.29, 0.717) is 21.9 Å². The standard InChI is InChI=1S/C32H31O4P/c1-22(2)20-32(21-23(32)3)31(34)36-28-19-18-24-12-10-11-17-27(24)29(28)30(33)37(35,25-13-6-4-7-14-25)26-15-8-5-9-16-26/h4-19,22-23H,20-21H2,1-3H3. The molecule has 4 aromatic rings. The Morgan fingerprint density at radius 3 is 1.95 bits per heavy atom. The summed E-state index contributed by atoms with van der Waals surface area (Å²) in [5.74, 6) is 0.420. The second-order valence-electron chi connectivity index (χ2n) is 10.5. The van der Waals surface area contributed by atoms with Gasteiger partial charge in [0.25, 0.3) is 0 Å². The molecule has 0 N–H and O–H groups in total. The highest BCUT2D eigenvalue weighted by atomic mass is 31.2. The molecule has 2 atom stereocenters. The monoisotopic (exact) mass is 510 g/mol. The average molecular weight is 511 g/mol. The Labute approximate surface area is 218 Å². The van der Waals surface area contributed by atoms with Crippen molar-refractivity contribution < 1.29 is 18.9 Å². The van der Waals surface area contributed by atoms with Crippen molar-refractivity contribution in [1.29, 1.82) is 0 Å². The molecule has 5 heteroatoms. The molecule has 1 saturated carbocycles. The number of carbonyl (C=O) groups is 2. The number of benzene rings is 4. The van der Waals surface area contributed by atoms with E-state index in [1.165, 1.54) is 0 Å². The molecule has 0 aromatic heterocycles. The third-order valence-electron chi connectivity index (χ3n) is 7.47. The molecule has 4 nitrogen and oxygen atoms in total. The fourth-order valence-corrected chi connectivity index (χ4v) is 7.94. The van der Waals surface area contributed by atoms with Gasteiger partial charge < -0.3 is 9.30 Å². The number of fused-ring (bicyclic) bond motifs is 1. The lowest BCUT2D eigenvalue weighted by Crippen LogP contribution is -2.27. The first-order valence-electron chi connectivity index (χ1n) is 12.8. The van der Waals surface area contributed by atoms with E-state index in [1.807, 2.05) is 42.5 Å². The number of rotatable bonds is 8. The molecule has 0 heterocycles. The predicted octanol–water partition coefficient (Wildman–Crippen LogP) is 6.97. The van der Waals surface area contributed by atoms with Crippen LogP contribution in [0.25, 0.3) is 10.8 Å². The molecule has 37 heavy (non-hydrogen) atoms.